The predicted molar refractivity (Wildman–Crippen MR) is 104 cm³/mol. The molecule has 0 saturated heterocycles. The Morgan fingerprint density at radius 3 is 2.82 bits per heavy atom. The number of benzene rings is 1. The van der Waals surface area contributed by atoms with Gasteiger partial charge in [0.1, 0.15) is 0 Å². The van der Waals surface area contributed by atoms with Gasteiger partial charge in [0.05, 0.1) is 18.3 Å². The number of nitrogens with one attached hydrogen (secondary N) is 2. The normalized spacial score (nSPS) is 14.1. The number of hydrogen-bond acceptors (Lipinski definition) is 7. The maximum absolute atomic E-state index is 12.2. The van der Waals surface area contributed by atoms with Gasteiger partial charge in [-0.3, -0.25) is 10.1 Å². The number of carbonyl (C=O) groups excluding carboxylic acids is 1. The van der Waals surface area contributed by atoms with E-state index < -0.39 is 0 Å². The van der Waals surface area contributed by atoms with E-state index in [-0.39, 0.29) is 17.9 Å². The van der Waals surface area contributed by atoms with Crippen molar-refractivity contribution in [1.82, 2.24) is 25.4 Å². The van der Waals surface area contributed by atoms with Crippen LogP contribution < -0.4 is 10.6 Å². The maximum Gasteiger partial charge on any atom is 0.246 e. The van der Waals surface area contributed by atoms with Gasteiger partial charge in [-0.15, -0.1) is 5.10 Å². The van der Waals surface area contributed by atoms with E-state index >= 15 is 0 Å². The summed E-state index contributed by atoms with van der Waals surface area (Å²) in [6.45, 7) is 6.20. The minimum absolute atomic E-state index is 0.0998. The van der Waals surface area contributed by atoms with Crippen LogP contribution in [0.1, 0.15) is 45.3 Å². The van der Waals surface area contributed by atoms with Gasteiger partial charge in [-0.1, -0.05) is 38.1 Å². The van der Waals surface area contributed by atoms with Crippen LogP contribution >= 0.6 is 0 Å². The van der Waals surface area contributed by atoms with Gasteiger partial charge in [-0.25, -0.2) is 4.68 Å². The lowest BCUT2D eigenvalue weighted by atomic mass is 9.92. The smallest absolute Gasteiger partial charge is 0.246 e. The van der Waals surface area contributed by atoms with Crippen LogP contribution in [-0.2, 0) is 10.2 Å². The van der Waals surface area contributed by atoms with Gasteiger partial charge in [0.25, 0.3) is 0 Å². The van der Waals surface area contributed by atoms with Gasteiger partial charge < -0.3 is 9.84 Å². The van der Waals surface area contributed by atoms with E-state index in [9.17, 15) is 4.79 Å². The van der Waals surface area contributed by atoms with Crippen LogP contribution in [0.15, 0.2) is 34.9 Å². The van der Waals surface area contributed by atoms with Crippen molar-refractivity contribution in [2.24, 2.45) is 0 Å². The molecule has 1 aliphatic carbocycles. The fourth-order valence-electron chi connectivity index (χ4n) is 2.77. The number of aromatic nitrogens is 5. The zero-order valence-electron chi connectivity index (χ0n) is 16.1. The monoisotopic (exact) mass is 381 g/mol. The summed E-state index contributed by atoms with van der Waals surface area (Å²) in [5.41, 5.74) is 2.37. The molecule has 9 heteroatoms. The third-order valence-electron chi connectivity index (χ3n) is 4.50. The highest BCUT2D eigenvalue weighted by molar-refractivity contribution is 5.92. The summed E-state index contributed by atoms with van der Waals surface area (Å²) in [5, 5.41) is 21.8. The van der Waals surface area contributed by atoms with Crippen LogP contribution in [-0.4, -0.2) is 37.8 Å². The van der Waals surface area contributed by atoms with Crippen molar-refractivity contribution in [3.63, 3.8) is 0 Å². The second-order valence-electron chi connectivity index (χ2n) is 7.99. The van der Waals surface area contributed by atoms with E-state index in [0.717, 1.165) is 35.6 Å². The largest absolute Gasteiger partial charge is 0.376 e. The van der Waals surface area contributed by atoms with Crippen molar-refractivity contribution < 1.29 is 9.32 Å². The Morgan fingerprint density at radius 1 is 1.29 bits per heavy atom. The van der Waals surface area contributed by atoms with Crippen molar-refractivity contribution in [3.05, 3.63) is 36.0 Å². The molecule has 0 radical (unpaired) electrons. The molecule has 2 heterocycles. The van der Waals surface area contributed by atoms with Crippen molar-refractivity contribution >= 4 is 17.5 Å². The molecule has 146 valence electrons. The zero-order valence-corrected chi connectivity index (χ0v) is 16.1. The van der Waals surface area contributed by atoms with E-state index in [1.54, 1.807) is 6.07 Å². The molecule has 1 amide bonds. The minimum Gasteiger partial charge on any atom is -0.376 e. The minimum atomic E-state index is -0.218. The molecule has 1 aliphatic rings. The number of carbonyl (C=O) groups is 1. The highest BCUT2D eigenvalue weighted by Gasteiger charge is 2.28. The Morgan fingerprint density at radius 2 is 2.11 bits per heavy atom. The summed E-state index contributed by atoms with van der Waals surface area (Å²) in [5.74, 6) is 0.867. The third kappa shape index (κ3) is 4.03. The lowest BCUT2D eigenvalue weighted by molar-refractivity contribution is -0.114. The van der Waals surface area contributed by atoms with Gasteiger partial charge >= 0.3 is 0 Å². The van der Waals surface area contributed by atoms with Crippen LogP contribution in [0, 0.1) is 0 Å². The number of rotatable bonds is 6. The average molecular weight is 381 g/mol. The van der Waals surface area contributed by atoms with Gasteiger partial charge in [0.15, 0.2) is 5.82 Å². The predicted octanol–water partition coefficient (Wildman–Crippen LogP) is 3.01. The molecule has 3 aromatic rings. The van der Waals surface area contributed by atoms with Gasteiger partial charge in [0.2, 0.25) is 11.8 Å². The summed E-state index contributed by atoms with van der Waals surface area (Å²) in [4.78, 5) is 12.2. The van der Waals surface area contributed by atoms with Gasteiger partial charge in [-0.2, -0.15) is 0 Å². The van der Waals surface area contributed by atoms with E-state index in [1.165, 1.54) is 0 Å². The molecule has 0 spiro atoms. The van der Waals surface area contributed by atoms with Crippen molar-refractivity contribution in [3.8, 4) is 11.4 Å². The highest BCUT2D eigenvalue weighted by atomic mass is 16.5. The Hall–Kier alpha value is -3.23. The second kappa shape index (κ2) is 7.06. The zero-order chi connectivity index (χ0) is 19.7. The highest BCUT2D eigenvalue weighted by Crippen LogP contribution is 2.36. The SMILES string of the molecule is CC(C)(C)c1cc(NC(=O)CNc2cccc(-c3nnnn3C3CC3)c2)on1. The standard InChI is InChI=1S/C19H23N7O2/c1-19(2,3)15-10-17(28-23-15)21-16(27)11-20-13-6-4-5-12(9-13)18-22-24-25-26(18)14-7-8-14/h4-6,9-10,14,20H,7-8,11H2,1-3H3,(H,21,27). The first kappa shape index (κ1) is 18.1. The molecule has 0 unspecified atom stereocenters. The molecule has 28 heavy (non-hydrogen) atoms. The van der Waals surface area contributed by atoms with Crippen LogP contribution in [0.2, 0.25) is 0 Å². The summed E-state index contributed by atoms with van der Waals surface area (Å²) < 4.78 is 7.05. The fourth-order valence-corrected chi connectivity index (χ4v) is 2.77. The van der Waals surface area contributed by atoms with Gasteiger partial charge in [-0.05, 0) is 35.4 Å². The Kier molecular flexibility index (Phi) is 4.58. The van der Waals surface area contributed by atoms with Crippen molar-refractivity contribution in [2.45, 2.75) is 45.1 Å². The molecule has 2 aromatic heterocycles. The number of anilines is 2. The molecule has 1 fully saturated rings. The van der Waals surface area contributed by atoms with E-state index in [0.29, 0.717) is 11.9 Å². The third-order valence-corrected chi connectivity index (χ3v) is 4.50. The van der Waals surface area contributed by atoms with Crippen LogP contribution in [0.25, 0.3) is 11.4 Å². The fraction of sp³-hybridized carbons (Fsp3) is 0.421. The van der Waals surface area contributed by atoms with Gasteiger partial charge in [0, 0.05) is 22.7 Å². The quantitative estimate of drug-likeness (QED) is 0.675. The molecule has 1 aromatic carbocycles. The molecule has 1 saturated carbocycles. The summed E-state index contributed by atoms with van der Waals surface area (Å²) >= 11 is 0. The molecule has 2 N–H and O–H groups in total. The molecular formula is C19H23N7O2. The molecule has 0 bridgehead atoms. The molecule has 0 atom stereocenters. The molecular weight excluding hydrogens is 358 g/mol. The molecule has 0 aliphatic heterocycles. The first-order chi connectivity index (χ1) is 13.4. The molecule has 9 nitrogen and oxygen atoms in total. The summed E-state index contributed by atoms with van der Waals surface area (Å²) in [6.07, 6.45) is 2.21. The number of nitrogens with zero attached hydrogens (tertiary/aromatic N) is 5. The molecule has 4 rings (SSSR count). The van der Waals surface area contributed by atoms with E-state index in [4.69, 9.17) is 4.52 Å². The Bertz CT molecular complexity index is 982. The first-order valence-corrected chi connectivity index (χ1v) is 9.29. The van der Waals surface area contributed by atoms with Crippen LogP contribution in [0.3, 0.4) is 0 Å². The van der Waals surface area contributed by atoms with E-state index in [1.807, 2.05) is 49.7 Å². The number of hydrogen-bond donors (Lipinski definition) is 2. The van der Waals surface area contributed by atoms with Crippen LogP contribution in [0.5, 0.6) is 0 Å². The summed E-state index contributed by atoms with van der Waals surface area (Å²) in [6, 6.07) is 9.84. The van der Waals surface area contributed by atoms with Crippen molar-refractivity contribution in [2.75, 3.05) is 17.2 Å². The Balaban J connectivity index is 1.38. The first-order valence-electron chi connectivity index (χ1n) is 9.29. The Labute approximate surface area is 162 Å². The second-order valence-corrected chi connectivity index (χ2v) is 7.99. The van der Waals surface area contributed by atoms with E-state index in [2.05, 4.69) is 31.3 Å². The van der Waals surface area contributed by atoms with Crippen molar-refractivity contribution in [1.29, 1.82) is 0 Å². The number of tetrazole rings is 1. The lowest BCUT2D eigenvalue weighted by Gasteiger charge is -2.12. The maximum atomic E-state index is 12.2. The van der Waals surface area contributed by atoms with Crippen LogP contribution in [0.4, 0.5) is 11.6 Å². The lowest BCUT2D eigenvalue weighted by Crippen LogP contribution is -2.21. The topological polar surface area (TPSA) is 111 Å². The average Bonchev–Trinajstić information content (AvgIpc) is 3.17. The number of amides is 1. The summed E-state index contributed by atoms with van der Waals surface area (Å²) in [7, 11) is 0.